The third-order valence-electron chi connectivity index (χ3n) is 3.41. The Morgan fingerprint density at radius 1 is 1.24 bits per heavy atom. The predicted octanol–water partition coefficient (Wildman–Crippen LogP) is 2.45. The first-order chi connectivity index (χ1) is 10.2. The molecule has 1 aliphatic heterocycles. The maximum Gasteiger partial charge on any atom is 0.309 e. The van der Waals surface area contributed by atoms with Gasteiger partial charge in [-0.15, -0.1) is 0 Å². The summed E-state index contributed by atoms with van der Waals surface area (Å²) in [6.45, 7) is 1.20. The van der Waals surface area contributed by atoms with Crippen LogP contribution in [0.4, 0.5) is 0 Å². The van der Waals surface area contributed by atoms with E-state index in [1.54, 1.807) is 7.11 Å². The highest BCUT2D eigenvalue weighted by molar-refractivity contribution is 5.72. The molecule has 1 atom stereocenters. The van der Waals surface area contributed by atoms with Gasteiger partial charge in [0.15, 0.2) is 6.29 Å². The summed E-state index contributed by atoms with van der Waals surface area (Å²) in [7, 11) is 2.99. The van der Waals surface area contributed by atoms with Gasteiger partial charge in [-0.1, -0.05) is 6.07 Å². The fourth-order valence-corrected chi connectivity index (χ4v) is 2.30. The van der Waals surface area contributed by atoms with Crippen molar-refractivity contribution in [1.29, 1.82) is 0 Å². The molecule has 1 heterocycles. The lowest BCUT2D eigenvalue weighted by Crippen LogP contribution is -2.22. The second-order valence-electron chi connectivity index (χ2n) is 5.05. The van der Waals surface area contributed by atoms with E-state index < -0.39 is 0 Å². The van der Waals surface area contributed by atoms with Gasteiger partial charge in [0.05, 0.1) is 27.2 Å². The van der Waals surface area contributed by atoms with Gasteiger partial charge in [-0.3, -0.25) is 4.79 Å². The van der Waals surface area contributed by atoms with Crippen molar-refractivity contribution in [2.75, 3.05) is 20.8 Å². The molecule has 1 aromatic carbocycles. The van der Waals surface area contributed by atoms with Crippen LogP contribution in [0.15, 0.2) is 18.2 Å². The molecule has 0 N–H and O–H groups in total. The Labute approximate surface area is 125 Å². The fraction of sp³-hybridized carbons (Fsp3) is 0.562. The SMILES string of the molecule is COC(=O)Cc1cc(COC2CCCCO2)cc(OC)c1. The van der Waals surface area contributed by atoms with Crippen molar-refractivity contribution in [3.63, 3.8) is 0 Å². The number of rotatable bonds is 6. The molecule has 1 aliphatic rings. The molecule has 1 unspecified atom stereocenters. The normalized spacial score (nSPS) is 18.3. The molecule has 1 fully saturated rings. The Morgan fingerprint density at radius 3 is 2.71 bits per heavy atom. The molecule has 5 heteroatoms. The highest BCUT2D eigenvalue weighted by atomic mass is 16.7. The van der Waals surface area contributed by atoms with E-state index in [0.717, 1.165) is 37.0 Å². The van der Waals surface area contributed by atoms with Gasteiger partial charge in [0, 0.05) is 6.61 Å². The summed E-state index contributed by atoms with van der Waals surface area (Å²) in [6, 6.07) is 5.67. The topological polar surface area (TPSA) is 54.0 Å². The first kappa shape index (κ1) is 15.8. The number of hydrogen-bond acceptors (Lipinski definition) is 5. The van der Waals surface area contributed by atoms with Gasteiger partial charge < -0.3 is 18.9 Å². The van der Waals surface area contributed by atoms with Crippen LogP contribution < -0.4 is 4.74 Å². The van der Waals surface area contributed by atoms with Gasteiger partial charge in [0.2, 0.25) is 0 Å². The zero-order valence-corrected chi connectivity index (χ0v) is 12.6. The van der Waals surface area contributed by atoms with Crippen molar-refractivity contribution < 1.29 is 23.7 Å². The van der Waals surface area contributed by atoms with Crippen molar-refractivity contribution in [3.8, 4) is 5.75 Å². The summed E-state index contributed by atoms with van der Waals surface area (Å²) < 4.78 is 21.3. The third-order valence-corrected chi connectivity index (χ3v) is 3.41. The van der Waals surface area contributed by atoms with E-state index in [1.165, 1.54) is 7.11 Å². The van der Waals surface area contributed by atoms with Gasteiger partial charge in [0.25, 0.3) is 0 Å². The molecule has 1 aromatic rings. The first-order valence-electron chi connectivity index (χ1n) is 7.18. The number of carbonyl (C=O) groups is 1. The summed E-state index contributed by atoms with van der Waals surface area (Å²) in [4.78, 5) is 11.4. The van der Waals surface area contributed by atoms with Crippen molar-refractivity contribution in [1.82, 2.24) is 0 Å². The molecule has 0 spiro atoms. The highest BCUT2D eigenvalue weighted by Gasteiger charge is 2.14. The zero-order chi connectivity index (χ0) is 15.1. The molecular weight excluding hydrogens is 272 g/mol. The molecular formula is C16H22O5. The first-order valence-corrected chi connectivity index (χ1v) is 7.18. The number of methoxy groups -OCH3 is 2. The number of carbonyl (C=O) groups excluding carboxylic acids is 1. The van der Waals surface area contributed by atoms with Crippen LogP contribution in [0.5, 0.6) is 5.75 Å². The van der Waals surface area contributed by atoms with E-state index in [-0.39, 0.29) is 18.7 Å². The van der Waals surface area contributed by atoms with Crippen LogP contribution in [-0.4, -0.2) is 33.1 Å². The summed E-state index contributed by atoms with van der Waals surface area (Å²) >= 11 is 0. The molecule has 5 nitrogen and oxygen atoms in total. The van der Waals surface area contributed by atoms with Crippen LogP contribution in [0.25, 0.3) is 0 Å². The van der Waals surface area contributed by atoms with E-state index in [9.17, 15) is 4.79 Å². The van der Waals surface area contributed by atoms with Gasteiger partial charge in [-0.25, -0.2) is 0 Å². The van der Waals surface area contributed by atoms with Crippen LogP contribution in [-0.2, 0) is 32.0 Å². The van der Waals surface area contributed by atoms with Crippen LogP contribution in [0.1, 0.15) is 30.4 Å². The molecule has 116 valence electrons. The van der Waals surface area contributed by atoms with Crippen LogP contribution in [0, 0.1) is 0 Å². The molecule has 21 heavy (non-hydrogen) atoms. The van der Waals surface area contributed by atoms with Crippen molar-refractivity contribution in [2.45, 2.75) is 38.6 Å². The minimum Gasteiger partial charge on any atom is -0.497 e. The van der Waals surface area contributed by atoms with Gasteiger partial charge in [0.1, 0.15) is 5.75 Å². The van der Waals surface area contributed by atoms with E-state index in [0.29, 0.717) is 12.4 Å². The smallest absolute Gasteiger partial charge is 0.309 e. The number of ether oxygens (including phenoxy) is 4. The molecule has 0 amide bonds. The summed E-state index contributed by atoms with van der Waals surface area (Å²) in [5.74, 6) is 0.435. The van der Waals surface area contributed by atoms with E-state index in [1.807, 2.05) is 18.2 Å². The van der Waals surface area contributed by atoms with Crippen LogP contribution >= 0.6 is 0 Å². The maximum absolute atomic E-state index is 11.4. The Hall–Kier alpha value is -1.59. The molecule has 1 saturated heterocycles. The molecule has 0 aliphatic carbocycles. The average molecular weight is 294 g/mol. The quantitative estimate of drug-likeness (QED) is 0.754. The highest BCUT2D eigenvalue weighted by Crippen LogP contribution is 2.21. The predicted molar refractivity (Wildman–Crippen MR) is 77.1 cm³/mol. The Kier molecular flexibility index (Phi) is 6.02. The van der Waals surface area contributed by atoms with Crippen LogP contribution in [0.3, 0.4) is 0 Å². The molecule has 0 radical (unpaired) electrons. The summed E-state index contributed by atoms with van der Waals surface area (Å²) in [5, 5.41) is 0. The number of esters is 1. The maximum atomic E-state index is 11.4. The molecule has 0 aromatic heterocycles. The largest absolute Gasteiger partial charge is 0.497 e. The fourth-order valence-electron chi connectivity index (χ4n) is 2.30. The van der Waals surface area contributed by atoms with Crippen molar-refractivity contribution >= 4 is 5.97 Å². The minimum atomic E-state index is -0.272. The van der Waals surface area contributed by atoms with Gasteiger partial charge >= 0.3 is 5.97 Å². The van der Waals surface area contributed by atoms with Gasteiger partial charge in [-0.05, 0) is 42.5 Å². The summed E-state index contributed by atoms with van der Waals surface area (Å²) in [5.41, 5.74) is 1.81. The van der Waals surface area contributed by atoms with E-state index >= 15 is 0 Å². The van der Waals surface area contributed by atoms with Crippen molar-refractivity contribution in [2.24, 2.45) is 0 Å². The van der Waals surface area contributed by atoms with E-state index in [4.69, 9.17) is 18.9 Å². The zero-order valence-electron chi connectivity index (χ0n) is 12.6. The lowest BCUT2D eigenvalue weighted by Gasteiger charge is -2.22. The molecule has 0 bridgehead atoms. The molecule has 0 saturated carbocycles. The molecule has 2 rings (SSSR count). The Morgan fingerprint density at radius 2 is 2.05 bits per heavy atom. The second-order valence-corrected chi connectivity index (χ2v) is 5.05. The summed E-state index contributed by atoms with van der Waals surface area (Å²) in [6.07, 6.45) is 3.26. The van der Waals surface area contributed by atoms with Crippen molar-refractivity contribution in [3.05, 3.63) is 29.3 Å². The lowest BCUT2D eigenvalue weighted by molar-refractivity contribution is -0.168. The lowest BCUT2D eigenvalue weighted by atomic mass is 10.1. The minimum absolute atomic E-state index is 0.131. The Bertz CT molecular complexity index is 466. The Balaban J connectivity index is 1.99. The second kappa shape index (κ2) is 8.00. The standard InChI is InChI=1S/C16H22O5/c1-18-14-8-12(10-15(17)19-2)7-13(9-14)11-21-16-5-3-4-6-20-16/h7-9,16H,3-6,10-11H2,1-2H3. The number of benzene rings is 1. The third kappa shape index (κ3) is 5.02. The average Bonchev–Trinajstić information content (AvgIpc) is 2.53. The monoisotopic (exact) mass is 294 g/mol. The van der Waals surface area contributed by atoms with E-state index in [2.05, 4.69) is 0 Å². The van der Waals surface area contributed by atoms with Crippen LogP contribution in [0.2, 0.25) is 0 Å². The van der Waals surface area contributed by atoms with Gasteiger partial charge in [-0.2, -0.15) is 0 Å². The number of hydrogen-bond donors (Lipinski definition) is 0.